The average molecular weight is 434 g/mol. The van der Waals surface area contributed by atoms with Crippen molar-refractivity contribution in [1.82, 2.24) is 19.8 Å². The Balaban J connectivity index is 1.17. The maximum absolute atomic E-state index is 12.9. The number of piperazine rings is 1. The Bertz CT molecular complexity index is 1050. The average Bonchev–Trinajstić information content (AvgIpc) is 3.36. The summed E-state index contributed by atoms with van der Waals surface area (Å²) in [7, 11) is 2.20. The lowest BCUT2D eigenvalue weighted by molar-refractivity contribution is -0.121. The minimum absolute atomic E-state index is 0.0803. The number of anilines is 1. The summed E-state index contributed by atoms with van der Waals surface area (Å²) >= 11 is 0. The van der Waals surface area contributed by atoms with Crippen LogP contribution in [0.15, 0.2) is 47.5 Å². The third kappa shape index (κ3) is 4.84. The SMILES string of the molecule is CN1CCN(CC2CCC(C(=O)Nc3cc4cc(-c5cnco5)ccc4cn3)CC2)CC1. The van der Waals surface area contributed by atoms with Crippen molar-refractivity contribution in [3.8, 4) is 11.3 Å². The molecule has 1 N–H and O–H groups in total. The maximum Gasteiger partial charge on any atom is 0.228 e. The fourth-order valence-electron chi connectivity index (χ4n) is 4.95. The van der Waals surface area contributed by atoms with E-state index in [1.165, 1.54) is 26.0 Å². The molecule has 1 aromatic carbocycles. The summed E-state index contributed by atoms with van der Waals surface area (Å²) in [6, 6.07) is 7.97. The second-order valence-corrected chi connectivity index (χ2v) is 9.31. The Morgan fingerprint density at radius 2 is 1.88 bits per heavy atom. The molecular formula is C25H31N5O2. The van der Waals surface area contributed by atoms with E-state index in [4.69, 9.17) is 4.42 Å². The number of oxazole rings is 1. The third-order valence-corrected chi connectivity index (χ3v) is 7.02. The molecular weight excluding hydrogens is 402 g/mol. The van der Waals surface area contributed by atoms with Gasteiger partial charge in [-0.05, 0) is 56.2 Å². The first-order valence-corrected chi connectivity index (χ1v) is 11.6. The molecule has 168 valence electrons. The summed E-state index contributed by atoms with van der Waals surface area (Å²) in [5.74, 6) is 2.23. The molecule has 0 spiro atoms. The molecule has 2 aromatic heterocycles. The molecule has 0 radical (unpaired) electrons. The fourth-order valence-corrected chi connectivity index (χ4v) is 4.95. The second kappa shape index (κ2) is 9.38. The number of fused-ring (bicyclic) bond motifs is 1. The van der Waals surface area contributed by atoms with Gasteiger partial charge in [-0.3, -0.25) is 4.79 Å². The molecule has 32 heavy (non-hydrogen) atoms. The Kier molecular flexibility index (Phi) is 6.19. The summed E-state index contributed by atoms with van der Waals surface area (Å²) in [6.45, 7) is 5.85. The quantitative estimate of drug-likeness (QED) is 0.658. The van der Waals surface area contributed by atoms with Crippen LogP contribution in [0.3, 0.4) is 0 Å². The molecule has 1 aliphatic heterocycles. The zero-order chi connectivity index (χ0) is 21.9. The normalized spacial score (nSPS) is 22.8. The van der Waals surface area contributed by atoms with Crippen molar-refractivity contribution in [2.24, 2.45) is 11.8 Å². The topological polar surface area (TPSA) is 74.5 Å². The van der Waals surface area contributed by atoms with Gasteiger partial charge in [-0.15, -0.1) is 0 Å². The molecule has 1 saturated carbocycles. The predicted octanol–water partition coefficient (Wildman–Crippen LogP) is 3.88. The van der Waals surface area contributed by atoms with Gasteiger partial charge in [0.05, 0.1) is 6.20 Å². The summed E-state index contributed by atoms with van der Waals surface area (Å²) in [4.78, 5) is 26.3. The van der Waals surface area contributed by atoms with Gasteiger partial charge in [-0.25, -0.2) is 9.97 Å². The van der Waals surface area contributed by atoms with Crippen LogP contribution in [0.25, 0.3) is 22.1 Å². The highest BCUT2D eigenvalue weighted by molar-refractivity contribution is 5.94. The van der Waals surface area contributed by atoms with E-state index in [2.05, 4.69) is 32.1 Å². The van der Waals surface area contributed by atoms with Crippen LogP contribution >= 0.6 is 0 Å². The molecule has 0 bridgehead atoms. The van der Waals surface area contributed by atoms with Crippen molar-refractivity contribution < 1.29 is 9.21 Å². The molecule has 1 saturated heterocycles. The number of hydrogen-bond acceptors (Lipinski definition) is 6. The summed E-state index contributed by atoms with van der Waals surface area (Å²) in [6.07, 6.45) is 9.14. The highest BCUT2D eigenvalue weighted by Crippen LogP contribution is 2.31. The number of carbonyl (C=O) groups is 1. The zero-order valence-electron chi connectivity index (χ0n) is 18.7. The lowest BCUT2D eigenvalue weighted by Gasteiger charge is -2.36. The molecule has 7 nitrogen and oxygen atoms in total. The van der Waals surface area contributed by atoms with Gasteiger partial charge < -0.3 is 19.5 Å². The molecule has 0 atom stereocenters. The van der Waals surface area contributed by atoms with Crippen LogP contribution in [0.4, 0.5) is 5.82 Å². The van der Waals surface area contributed by atoms with Gasteiger partial charge in [0.2, 0.25) is 5.91 Å². The smallest absolute Gasteiger partial charge is 0.228 e. The van der Waals surface area contributed by atoms with Crippen LogP contribution in [-0.2, 0) is 4.79 Å². The first-order chi connectivity index (χ1) is 15.6. The van der Waals surface area contributed by atoms with Crippen LogP contribution in [0.2, 0.25) is 0 Å². The number of nitrogens with zero attached hydrogens (tertiary/aromatic N) is 4. The zero-order valence-corrected chi connectivity index (χ0v) is 18.7. The van der Waals surface area contributed by atoms with Gasteiger partial charge in [0, 0.05) is 55.8 Å². The van der Waals surface area contributed by atoms with Gasteiger partial charge in [-0.1, -0.05) is 12.1 Å². The van der Waals surface area contributed by atoms with E-state index in [-0.39, 0.29) is 11.8 Å². The number of rotatable bonds is 5. The van der Waals surface area contributed by atoms with Gasteiger partial charge in [-0.2, -0.15) is 0 Å². The number of benzene rings is 1. The van der Waals surface area contributed by atoms with Crippen LogP contribution in [0.5, 0.6) is 0 Å². The summed E-state index contributed by atoms with van der Waals surface area (Å²) in [5, 5.41) is 5.10. The highest BCUT2D eigenvalue weighted by atomic mass is 16.3. The van der Waals surface area contributed by atoms with Gasteiger partial charge in [0.25, 0.3) is 0 Å². The molecule has 2 fully saturated rings. The largest absolute Gasteiger partial charge is 0.444 e. The molecule has 7 heteroatoms. The first-order valence-electron chi connectivity index (χ1n) is 11.6. The molecule has 2 aliphatic rings. The van der Waals surface area contributed by atoms with Gasteiger partial charge >= 0.3 is 0 Å². The number of amides is 1. The molecule has 1 amide bonds. The molecule has 1 aliphatic carbocycles. The van der Waals surface area contributed by atoms with E-state index in [1.807, 2.05) is 30.5 Å². The van der Waals surface area contributed by atoms with Crippen molar-refractivity contribution in [2.45, 2.75) is 25.7 Å². The highest BCUT2D eigenvalue weighted by Gasteiger charge is 2.28. The Labute approximate surface area is 188 Å². The summed E-state index contributed by atoms with van der Waals surface area (Å²) in [5.41, 5.74) is 0.956. The van der Waals surface area contributed by atoms with Crippen molar-refractivity contribution >= 4 is 22.5 Å². The number of likely N-dealkylation sites (N-methyl/N-ethyl adjacent to an activating group) is 1. The standard InChI is InChI=1S/C25H31N5O2/c1-29-8-10-30(11-9-29)16-18-2-4-19(5-3-18)25(31)28-24-13-22-12-20(23-15-26-17-32-23)6-7-21(22)14-27-24/h6-7,12-15,17-19H,2-5,8-11,16H2,1H3,(H,27,28,31). The van der Waals surface area contributed by atoms with Crippen molar-refractivity contribution in [3.05, 3.63) is 43.1 Å². The monoisotopic (exact) mass is 433 g/mol. The van der Waals surface area contributed by atoms with Gasteiger partial charge in [0.1, 0.15) is 5.82 Å². The molecule has 0 unspecified atom stereocenters. The number of aromatic nitrogens is 2. The van der Waals surface area contributed by atoms with Crippen LogP contribution in [0, 0.1) is 11.8 Å². The van der Waals surface area contributed by atoms with Crippen molar-refractivity contribution in [1.29, 1.82) is 0 Å². The summed E-state index contributed by atoms with van der Waals surface area (Å²) < 4.78 is 5.40. The van der Waals surface area contributed by atoms with E-state index in [9.17, 15) is 4.79 Å². The minimum atomic E-state index is 0.0803. The number of hydrogen-bond donors (Lipinski definition) is 1. The van der Waals surface area contributed by atoms with Crippen LogP contribution in [-0.4, -0.2) is 65.4 Å². The van der Waals surface area contributed by atoms with E-state index in [0.717, 1.165) is 66.8 Å². The van der Waals surface area contributed by atoms with Crippen molar-refractivity contribution in [2.75, 3.05) is 45.1 Å². The van der Waals surface area contributed by atoms with Crippen LogP contribution < -0.4 is 5.32 Å². The molecule has 5 rings (SSSR count). The number of pyridine rings is 1. The lowest BCUT2D eigenvalue weighted by Crippen LogP contribution is -2.46. The van der Waals surface area contributed by atoms with E-state index in [1.54, 1.807) is 6.20 Å². The Morgan fingerprint density at radius 3 is 2.62 bits per heavy atom. The molecule has 3 heterocycles. The Morgan fingerprint density at radius 1 is 1.06 bits per heavy atom. The van der Waals surface area contributed by atoms with Crippen molar-refractivity contribution in [3.63, 3.8) is 0 Å². The van der Waals surface area contributed by atoms with Gasteiger partial charge in [0.15, 0.2) is 12.2 Å². The van der Waals surface area contributed by atoms with E-state index in [0.29, 0.717) is 5.82 Å². The fraction of sp³-hybridized carbons (Fsp3) is 0.480. The van der Waals surface area contributed by atoms with E-state index < -0.39 is 0 Å². The number of nitrogens with one attached hydrogen (secondary N) is 1. The maximum atomic E-state index is 12.9. The minimum Gasteiger partial charge on any atom is -0.444 e. The second-order valence-electron chi connectivity index (χ2n) is 9.31. The van der Waals surface area contributed by atoms with E-state index >= 15 is 0 Å². The first kappa shape index (κ1) is 21.1. The lowest BCUT2D eigenvalue weighted by atomic mass is 9.81. The third-order valence-electron chi connectivity index (χ3n) is 7.02. The predicted molar refractivity (Wildman–Crippen MR) is 125 cm³/mol. The molecule has 3 aromatic rings. The number of carbonyl (C=O) groups excluding carboxylic acids is 1. The Hall–Kier alpha value is -2.77. The van der Waals surface area contributed by atoms with Crippen LogP contribution in [0.1, 0.15) is 25.7 Å².